The van der Waals surface area contributed by atoms with Gasteiger partial charge >= 0.3 is 0 Å². The van der Waals surface area contributed by atoms with Crippen molar-refractivity contribution in [3.8, 4) is 16.9 Å². The third-order valence-corrected chi connectivity index (χ3v) is 2.66. The molecule has 2 heteroatoms. The second-order valence-electron chi connectivity index (χ2n) is 3.15. The average molecular weight is 262 g/mol. The van der Waals surface area contributed by atoms with Gasteiger partial charge in [0.15, 0.2) is 0 Å². The van der Waals surface area contributed by atoms with Crippen molar-refractivity contribution in [2.45, 2.75) is 0 Å². The van der Waals surface area contributed by atoms with Crippen molar-refractivity contribution in [2.24, 2.45) is 0 Å². The fourth-order valence-corrected chi connectivity index (χ4v) is 1.74. The summed E-state index contributed by atoms with van der Waals surface area (Å²) in [7, 11) is 1.67. The SMILES string of the molecule is COc1ccc(-c2[c]ccc(Br)c2)cc1. The Morgan fingerprint density at radius 3 is 2.47 bits per heavy atom. The van der Waals surface area contributed by atoms with Crippen molar-refractivity contribution in [3.63, 3.8) is 0 Å². The van der Waals surface area contributed by atoms with Crippen molar-refractivity contribution < 1.29 is 4.74 Å². The van der Waals surface area contributed by atoms with Crippen molar-refractivity contribution >= 4 is 15.9 Å². The molecule has 0 spiro atoms. The van der Waals surface area contributed by atoms with Gasteiger partial charge in [0.1, 0.15) is 5.75 Å². The van der Waals surface area contributed by atoms with Crippen LogP contribution in [0.1, 0.15) is 0 Å². The standard InChI is InChI=1S/C13H10BrO/c1-15-13-7-5-10(6-8-13)11-3-2-4-12(14)9-11/h2,4-9H,1H3. The fourth-order valence-electron chi connectivity index (χ4n) is 1.38. The second kappa shape index (κ2) is 4.49. The zero-order valence-corrected chi connectivity index (χ0v) is 9.91. The van der Waals surface area contributed by atoms with Crippen molar-refractivity contribution in [3.05, 3.63) is 53.0 Å². The minimum Gasteiger partial charge on any atom is -0.497 e. The third kappa shape index (κ3) is 2.39. The molecular weight excluding hydrogens is 252 g/mol. The molecule has 0 N–H and O–H groups in total. The highest BCUT2D eigenvalue weighted by molar-refractivity contribution is 9.10. The molecule has 0 aliphatic heterocycles. The minimum atomic E-state index is 0.869. The van der Waals surface area contributed by atoms with E-state index >= 15 is 0 Å². The average Bonchev–Trinajstić information content (AvgIpc) is 2.29. The Morgan fingerprint density at radius 1 is 1.13 bits per heavy atom. The molecule has 1 nitrogen and oxygen atoms in total. The maximum Gasteiger partial charge on any atom is 0.118 e. The molecule has 1 radical (unpaired) electrons. The summed E-state index contributed by atoms with van der Waals surface area (Å²) in [6.45, 7) is 0. The Bertz CT molecular complexity index is 448. The quantitative estimate of drug-likeness (QED) is 0.796. The van der Waals surface area contributed by atoms with Crippen molar-refractivity contribution in [2.75, 3.05) is 7.11 Å². The van der Waals surface area contributed by atoms with Gasteiger partial charge < -0.3 is 4.74 Å². The molecule has 0 saturated carbocycles. The summed E-state index contributed by atoms with van der Waals surface area (Å²) in [5, 5.41) is 0. The summed E-state index contributed by atoms with van der Waals surface area (Å²) in [6, 6.07) is 17.1. The van der Waals surface area contributed by atoms with Crippen molar-refractivity contribution in [1.29, 1.82) is 0 Å². The van der Waals surface area contributed by atoms with Crippen LogP contribution < -0.4 is 4.74 Å². The molecule has 2 aromatic carbocycles. The lowest BCUT2D eigenvalue weighted by atomic mass is 10.1. The van der Waals surface area contributed by atoms with Crippen LogP contribution in [0, 0.1) is 6.07 Å². The first-order chi connectivity index (χ1) is 7.29. The summed E-state index contributed by atoms with van der Waals surface area (Å²) in [5.41, 5.74) is 2.21. The van der Waals surface area contributed by atoms with E-state index in [2.05, 4.69) is 22.0 Å². The van der Waals surface area contributed by atoms with E-state index < -0.39 is 0 Å². The summed E-state index contributed by atoms with van der Waals surface area (Å²) < 4.78 is 6.17. The van der Waals surface area contributed by atoms with Gasteiger partial charge in [-0.05, 0) is 41.5 Å². The number of rotatable bonds is 2. The second-order valence-corrected chi connectivity index (χ2v) is 4.06. The van der Waals surface area contributed by atoms with E-state index in [0.29, 0.717) is 0 Å². The van der Waals surface area contributed by atoms with Crippen LogP contribution in [0.2, 0.25) is 0 Å². The largest absolute Gasteiger partial charge is 0.497 e. The Labute approximate surface area is 97.8 Å². The molecule has 0 fully saturated rings. The molecule has 0 amide bonds. The highest BCUT2D eigenvalue weighted by atomic mass is 79.9. The Balaban J connectivity index is 2.37. The van der Waals surface area contributed by atoms with E-state index in [4.69, 9.17) is 4.74 Å². The number of hydrogen-bond acceptors (Lipinski definition) is 1. The highest BCUT2D eigenvalue weighted by Crippen LogP contribution is 2.24. The van der Waals surface area contributed by atoms with Crippen LogP contribution in [-0.4, -0.2) is 7.11 Å². The first kappa shape index (κ1) is 10.2. The van der Waals surface area contributed by atoms with Gasteiger partial charge in [-0.2, -0.15) is 0 Å². The van der Waals surface area contributed by atoms with Crippen LogP contribution >= 0.6 is 15.9 Å². The topological polar surface area (TPSA) is 9.23 Å². The van der Waals surface area contributed by atoms with Gasteiger partial charge in [-0.15, -0.1) is 0 Å². The molecular formula is C13H10BrO. The summed E-state index contributed by atoms with van der Waals surface area (Å²) in [6.07, 6.45) is 0. The summed E-state index contributed by atoms with van der Waals surface area (Å²) in [5.74, 6) is 0.869. The van der Waals surface area contributed by atoms with E-state index in [-0.39, 0.29) is 0 Å². The van der Waals surface area contributed by atoms with Crippen LogP contribution in [0.3, 0.4) is 0 Å². The van der Waals surface area contributed by atoms with E-state index in [1.165, 1.54) is 0 Å². The van der Waals surface area contributed by atoms with Crippen LogP contribution in [0.15, 0.2) is 46.9 Å². The number of halogens is 1. The molecule has 2 rings (SSSR count). The first-order valence-electron chi connectivity index (χ1n) is 4.61. The van der Waals surface area contributed by atoms with Gasteiger partial charge in [-0.3, -0.25) is 0 Å². The molecule has 0 unspecified atom stereocenters. The number of ether oxygens (including phenoxy) is 1. The van der Waals surface area contributed by atoms with Crippen LogP contribution in [0.5, 0.6) is 5.75 Å². The number of hydrogen-bond donors (Lipinski definition) is 0. The first-order valence-corrected chi connectivity index (χ1v) is 5.40. The fraction of sp³-hybridized carbons (Fsp3) is 0.0769. The lowest BCUT2D eigenvalue weighted by Gasteiger charge is -2.03. The van der Waals surface area contributed by atoms with Crippen molar-refractivity contribution in [1.82, 2.24) is 0 Å². The highest BCUT2D eigenvalue weighted by Gasteiger charge is 1.98. The number of methoxy groups -OCH3 is 1. The molecule has 0 aliphatic carbocycles. The maximum absolute atomic E-state index is 5.11. The molecule has 75 valence electrons. The maximum atomic E-state index is 5.11. The lowest BCUT2D eigenvalue weighted by Crippen LogP contribution is -1.82. The summed E-state index contributed by atoms with van der Waals surface area (Å²) >= 11 is 3.44. The zero-order valence-electron chi connectivity index (χ0n) is 8.33. The smallest absolute Gasteiger partial charge is 0.118 e. The molecule has 2 aromatic rings. The lowest BCUT2D eigenvalue weighted by molar-refractivity contribution is 0.415. The Morgan fingerprint density at radius 2 is 1.87 bits per heavy atom. The van der Waals surface area contributed by atoms with E-state index in [1.807, 2.05) is 42.5 Å². The Kier molecular flexibility index (Phi) is 3.07. The monoisotopic (exact) mass is 261 g/mol. The predicted molar refractivity (Wildman–Crippen MR) is 65.0 cm³/mol. The van der Waals surface area contributed by atoms with Gasteiger partial charge in [0.2, 0.25) is 0 Å². The van der Waals surface area contributed by atoms with Gasteiger partial charge in [0.25, 0.3) is 0 Å². The van der Waals surface area contributed by atoms with Gasteiger partial charge in [0.05, 0.1) is 7.11 Å². The molecule has 0 bridgehead atoms. The molecule has 0 atom stereocenters. The van der Waals surface area contributed by atoms with Gasteiger partial charge in [-0.25, -0.2) is 0 Å². The molecule has 0 aliphatic rings. The third-order valence-electron chi connectivity index (χ3n) is 2.16. The molecule has 15 heavy (non-hydrogen) atoms. The predicted octanol–water partition coefficient (Wildman–Crippen LogP) is 3.92. The Hall–Kier alpha value is -1.28. The van der Waals surface area contributed by atoms with Gasteiger partial charge in [-0.1, -0.05) is 34.1 Å². The summed E-state index contributed by atoms with van der Waals surface area (Å²) in [4.78, 5) is 0. The van der Waals surface area contributed by atoms with Crippen LogP contribution in [0.25, 0.3) is 11.1 Å². The van der Waals surface area contributed by atoms with E-state index in [1.54, 1.807) is 7.11 Å². The number of benzene rings is 2. The van der Waals surface area contributed by atoms with E-state index in [0.717, 1.165) is 21.3 Å². The van der Waals surface area contributed by atoms with Crippen LogP contribution in [0.4, 0.5) is 0 Å². The normalized spacial score (nSPS) is 10.0. The van der Waals surface area contributed by atoms with Gasteiger partial charge in [0, 0.05) is 4.47 Å². The molecule has 0 aromatic heterocycles. The van der Waals surface area contributed by atoms with E-state index in [9.17, 15) is 0 Å². The zero-order chi connectivity index (χ0) is 10.7. The molecule has 0 saturated heterocycles. The minimum absolute atomic E-state index is 0.869. The molecule has 0 heterocycles. The van der Waals surface area contributed by atoms with Crippen LogP contribution in [-0.2, 0) is 0 Å².